The van der Waals surface area contributed by atoms with Crippen LogP contribution < -0.4 is 0 Å². The first-order valence-corrected chi connectivity index (χ1v) is 4.74. The zero-order chi connectivity index (χ0) is 9.42. The van der Waals surface area contributed by atoms with E-state index in [1.807, 2.05) is 18.2 Å². The van der Waals surface area contributed by atoms with E-state index in [2.05, 4.69) is 0 Å². The van der Waals surface area contributed by atoms with E-state index in [4.69, 9.17) is 4.74 Å². The van der Waals surface area contributed by atoms with Crippen LogP contribution in [0.4, 0.5) is 0 Å². The first kappa shape index (κ1) is 8.60. The Labute approximate surface area is 78.4 Å². The molecule has 2 aliphatic rings. The lowest BCUT2D eigenvalue weighted by atomic mass is 10.1. The van der Waals surface area contributed by atoms with Gasteiger partial charge in [0.15, 0.2) is 0 Å². The maximum atomic E-state index is 11.1. The summed E-state index contributed by atoms with van der Waals surface area (Å²) in [5, 5.41) is 0. The van der Waals surface area contributed by atoms with E-state index in [1.54, 1.807) is 6.92 Å². The van der Waals surface area contributed by atoms with Crippen LogP contribution in [0.25, 0.3) is 0 Å². The van der Waals surface area contributed by atoms with E-state index < -0.39 is 0 Å². The summed E-state index contributed by atoms with van der Waals surface area (Å²) in [4.78, 5) is 12.9. The lowest BCUT2D eigenvalue weighted by molar-refractivity contribution is -0.128. The molecule has 2 atom stereocenters. The summed E-state index contributed by atoms with van der Waals surface area (Å²) in [5.41, 5.74) is 1.39. The van der Waals surface area contributed by atoms with Crippen molar-refractivity contribution in [3.63, 3.8) is 0 Å². The van der Waals surface area contributed by atoms with Crippen molar-refractivity contribution < 1.29 is 9.53 Å². The lowest BCUT2D eigenvalue weighted by Gasteiger charge is -2.14. The van der Waals surface area contributed by atoms with Crippen molar-refractivity contribution in [2.45, 2.75) is 25.8 Å². The summed E-state index contributed by atoms with van der Waals surface area (Å²) >= 11 is 0. The molecule has 1 amide bonds. The highest BCUT2D eigenvalue weighted by Crippen LogP contribution is 2.43. The molecule has 0 spiro atoms. The maximum absolute atomic E-state index is 11.1. The Kier molecular flexibility index (Phi) is 2.02. The minimum absolute atomic E-state index is 0.159. The molecular formula is C10H15NO2. The zero-order valence-corrected chi connectivity index (χ0v) is 8.12. The quantitative estimate of drug-likeness (QED) is 0.639. The number of rotatable bonds is 2. The second kappa shape index (κ2) is 3.05. The van der Waals surface area contributed by atoms with Gasteiger partial charge in [-0.25, -0.2) is 0 Å². The Balaban J connectivity index is 1.91. The Bertz CT molecular complexity index is 260. The summed E-state index contributed by atoms with van der Waals surface area (Å²) in [5.74, 6) is 0.739. The molecule has 13 heavy (non-hydrogen) atoms. The van der Waals surface area contributed by atoms with Gasteiger partial charge in [0.2, 0.25) is 5.91 Å². The van der Waals surface area contributed by atoms with E-state index in [0.717, 1.165) is 19.4 Å². The molecule has 1 fully saturated rings. The van der Waals surface area contributed by atoms with Crippen LogP contribution in [0.3, 0.4) is 0 Å². The summed E-state index contributed by atoms with van der Waals surface area (Å²) < 4.78 is 5.18. The molecule has 1 aliphatic carbocycles. The number of carbonyl (C=O) groups is 1. The molecule has 1 aliphatic heterocycles. The van der Waals surface area contributed by atoms with Gasteiger partial charge >= 0.3 is 0 Å². The van der Waals surface area contributed by atoms with Gasteiger partial charge in [-0.3, -0.25) is 4.79 Å². The van der Waals surface area contributed by atoms with Gasteiger partial charge in [0.05, 0.1) is 12.9 Å². The SMILES string of the molecule is CC(=O)N(C)C1CC1C1=COCC1. The predicted molar refractivity (Wildman–Crippen MR) is 49.0 cm³/mol. The molecule has 3 nitrogen and oxygen atoms in total. The Hall–Kier alpha value is -0.990. The van der Waals surface area contributed by atoms with E-state index in [-0.39, 0.29) is 5.91 Å². The summed E-state index contributed by atoms with van der Waals surface area (Å²) in [7, 11) is 1.88. The van der Waals surface area contributed by atoms with Crippen LogP contribution >= 0.6 is 0 Å². The molecule has 3 heteroatoms. The maximum Gasteiger partial charge on any atom is 0.219 e. The van der Waals surface area contributed by atoms with Crippen molar-refractivity contribution in [1.82, 2.24) is 4.90 Å². The van der Waals surface area contributed by atoms with Gasteiger partial charge in [-0.15, -0.1) is 0 Å². The van der Waals surface area contributed by atoms with Gasteiger partial charge in [0.1, 0.15) is 0 Å². The summed E-state index contributed by atoms with van der Waals surface area (Å²) in [6.07, 6.45) is 4.04. The van der Waals surface area contributed by atoms with E-state index >= 15 is 0 Å². The van der Waals surface area contributed by atoms with E-state index in [9.17, 15) is 4.79 Å². The van der Waals surface area contributed by atoms with Crippen LogP contribution in [0.2, 0.25) is 0 Å². The molecule has 2 unspecified atom stereocenters. The fourth-order valence-corrected chi connectivity index (χ4v) is 1.92. The molecule has 2 rings (SSSR count). The van der Waals surface area contributed by atoms with E-state index in [1.165, 1.54) is 5.57 Å². The fraction of sp³-hybridized carbons (Fsp3) is 0.700. The topological polar surface area (TPSA) is 29.5 Å². The molecule has 1 heterocycles. The Morgan fingerprint density at radius 2 is 2.46 bits per heavy atom. The van der Waals surface area contributed by atoms with Crippen molar-refractivity contribution in [3.8, 4) is 0 Å². The van der Waals surface area contributed by atoms with Crippen molar-refractivity contribution in [3.05, 3.63) is 11.8 Å². The highest BCUT2D eigenvalue weighted by atomic mass is 16.5. The second-order valence-electron chi connectivity index (χ2n) is 3.85. The predicted octanol–water partition coefficient (Wildman–Crippen LogP) is 1.16. The van der Waals surface area contributed by atoms with Gasteiger partial charge in [-0.2, -0.15) is 0 Å². The Morgan fingerprint density at radius 1 is 1.69 bits per heavy atom. The first-order chi connectivity index (χ1) is 6.20. The number of ether oxygens (including phenoxy) is 1. The van der Waals surface area contributed by atoms with Crippen LogP contribution in [-0.2, 0) is 9.53 Å². The van der Waals surface area contributed by atoms with Crippen LogP contribution in [0.15, 0.2) is 11.8 Å². The molecule has 0 bridgehead atoms. The molecule has 0 aromatic rings. The monoisotopic (exact) mass is 181 g/mol. The van der Waals surface area contributed by atoms with Gasteiger partial charge in [0.25, 0.3) is 0 Å². The molecule has 0 radical (unpaired) electrons. The number of nitrogens with zero attached hydrogens (tertiary/aromatic N) is 1. The number of hydrogen-bond donors (Lipinski definition) is 0. The average molecular weight is 181 g/mol. The minimum Gasteiger partial charge on any atom is -0.501 e. The first-order valence-electron chi connectivity index (χ1n) is 4.74. The van der Waals surface area contributed by atoms with Crippen LogP contribution in [-0.4, -0.2) is 30.5 Å². The molecule has 0 N–H and O–H groups in total. The smallest absolute Gasteiger partial charge is 0.219 e. The molecule has 72 valence electrons. The van der Waals surface area contributed by atoms with Gasteiger partial charge in [-0.05, 0) is 12.0 Å². The zero-order valence-electron chi connectivity index (χ0n) is 8.12. The van der Waals surface area contributed by atoms with Crippen LogP contribution in [0.5, 0.6) is 0 Å². The molecule has 0 aromatic carbocycles. The summed E-state index contributed by atoms with van der Waals surface area (Å²) in [6, 6.07) is 0.436. The average Bonchev–Trinajstić information content (AvgIpc) is 2.71. The Morgan fingerprint density at radius 3 is 3.00 bits per heavy atom. The van der Waals surface area contributed by atoms with Crippen molar-refractivity contribution >= 4 is 5.91 Å². The van der Waals surface area contributed by atoms with Crippen molar-refractivity contribution in [2.24, 2.45) is 5.92 Å². The summed E-state index contributed by atoms with van der Waals surface area (Å²) in [6.45, 7) is 2.44. The molecule has 0 saturated heterocycles. The molecular weight excluding hydrogens is 166 g/mol. The van der Waals surface area contributed by atoms with Gasteiger partial charge in [-0.1, -0.05) is 0 Å². The third kappa shape index (κ3) is 1.55. The molecule has 0 aromatic heterocycles. The fourth-order valence-electron chi connectivity index (χ4n) is 1.92. The standard InChI is InChI=1S/C10H15NO2/c1-7(12)11(2)10-5-9(10)8-3-4-13-6-8/h6,9-10H,3-5H2,1-2H3. The lowest BCUT2D eigenvalue weighted by Crippen LogP contribution is -2.27. The normalized spacial score (nSPS) is 30.8. The highest BCUT2D eigenvalue weighted by molar-refractivity contribution is 5.73. The highest BCUT2D eigenvalue weighted by Gasteiger charge is 2.44. The third-order valence-electron chi connectivity index (χ3n) is 2.97. The van der Waals surface area contributed by atoms with Crippen molar-refractivity contribution in [1.29, 1.82) is 0 Å². The molecule has 1 saturated carbocycles. The number of carbonyl (C=O) groups excluding carboxylic acids is 1. The van der Waals surface area contributed by atoms with Crippen molar-refractivity contribution in [2.75, 3.05) is 13.7 Å². The minimum atomic E-state index is 0.159. The van der Waals surface area contributed by atoms with Crippen LogP contribution in [0.1, 0.15) is 19.8 Å². The third-order valence-corrected chi connectivity index (χ3v) is 2.97. The van der Waals surface area contributed by atoms with Crippen LogP contribution in [0, 0.1) is 5.92 Å². The number of hydrogen-bond acceptors (Lipinski definition) is 2. The largest absolute Gasteiger partial charge is 0.501 e. The van der Waals surface area contributed by atoms with E-state index in [0.29, 0.717) is 12.0 Å². The van der Waals surface area contributed by atoms with Gasteiger partial charge < -0.3 is 9.64 Å². The number of amides is 1. The van der Waals surface area contributed by atoms with Gasteiger partial charge in [0, 0.05) is 32.4 Å². The second-order valence-corrected chi connectivity index (χ2v) is 3.85.